The second-order valence-corrected chi connectivity index (χ2v) is 6.60. The standard InChI is InChI=1S/C20H19N7O4/c1-12-23-18(16-6-3-13(9-21)7-17(16)24-20(30)31-2)8-19(29)27(12)11-15(28)5-4-14-10-22-26-25-14/h3,6-8,10H,4-5,11H2,1-2H3,(H,24,30)(H,22,25,26). The van der Waals surface area contributed by atoms with Crippen LogP contribution in [-0.4, -0.2) is 43.9 Å². The second-order valence-electron chi connectivity index (χ2n) is 6.60. The maximum absolute atomic E-state index is 12.7. The molecule has 0 saturated carbocycles. The minimum absolute atomic E-state index is 0.115. The van der Waals surface area contributed by atoms with E-state index in [4.69, 9.17) is 5.26 Å². The van der Waals surface area contributed by atoms with E-state index in [0.29, 0.717) is 34.8 Å². The number of benzene rings is 1. The van der Waals surface area contributed by atoms with Crippen LogP contribution >= 0.6 is 0 Å². The highest BCUT2D eigenvalue weighted by Gasteiger charge is 2.15. The highest BCUT2D eigenvalue weighted by atomic mass is 16.5. The Morgan fingerprint density at radius 3 is 2.77 bits per heavy atom. The summed E-state index contributed by atoms with van der Waals surface area (Å²) in [6.07, 6.45) is 1.45. The van der Waals surface area contributed by atoms with Crippen molar-refractivity contribution in [3.63, 3.8) is 0 Å². The summed E-state index contributed by atoms with van der Waals surface area (Å²) in [6, 6.07) is 7.86. The van der Waals surface area contributed by atoms with Crippen molar-refractivity contribution in [1.82, 2.24) is 25.0 Å². The van der Waals surface area contributed by atoms with Crippen LogP contribution in [0.4, 0.5) is 10.5 Å². The fourth-order valence-electron chi connectivity index (χ4n) is 2.92. The number of nitriles is 1. The van der Waals surface area contributed by atoms with Gasteiger partial charge in [-0.1, -0.05) is 0 Å². The Bertz CT molecular complexity index is 1210. The lowest BCUT2D eigenvalue weighted by Gasteiger charge is -2.13. The topological polar surface area (TPSA) is 156 Å². The van der Waals surface area contributed by atoms with Crippen molar-refractivity contribution in [2.45, 2.75) is 26.3 Å². The quantitative estimate of drug-likeness (QED) is 0.582. The van der Waals surface area contributed by atoms with Crippen LogP contribution in [0, 0.1) is 18.3 Å². The predicted octanol–water partition coefficient (Wildman–Crippen LogP) is 1.59. The number of carbonyl (C=O) groups is 2. The molecule has 2 N–H and O–H groups in total. The smallest absolute Gasteiger partial charge is 0.411 e. The number of ether oxygens (including phenoxy) is 1. The maximum Gasteiger partial charge on any atom is 0.411 e. The number of rotatable bonds is 7. The second kappa shape index (κ2) is 9.45. The Hall–Kier alpha value is -4.33. The molecule has 3 aromatic rings. The number of nitrogens with zero attached hydrogens (tertiary/aromatic N) is 5. The largest absolute Gasteiger partial charge is 0.453 e. The van der Waals surface area contributed by atoms with Gasteiger partial charge in [-0.05, 0) is 25.1 Å². The summed E-state index contributed by atoms with van der Waals surface area (Å²) in [5.41, 5.74) is 1.58. The molecule has 11 heteroatoms. The molecule has 0 saturated heterocycles. The van der Waals surface area contributed by atoms with Crippen LogP contribution < -0.4 is 10.9 Å². The Balaban J connectivity index is 1.86. The van der Waals surface area contributed by atoms with Crippen molar-refractivity contribution in [1.29, 1.82) is 5.26 Å². The number of aromatic amines is 1. The summed E-state index contributed by atoms with van der Waals surface area (Å²) in [5, 5.41) is 21.7. The number of hydrogen-bond donors (Lipinski definition) is 2. The third-order valence-corrected chi connectivity index (χ3v) is 4.51. The normalized spacial score (nSPS) is 10.4. The van der Waals surface area contributed by atoms with Gasteiger partial charge in [0.2, 0.25) is 0 Å². The molecule has 0 aliphatic carbocycles. The van der Waals surface area contributed by atoms with Gasteiger partial charge in [-0.3, -0.25) is 19.5 Å². The van der Waals surface area contributed by atoms with Crippen LogP contribution in [-0.2, 0) is 22.5 Å². The molecule has 1 amide bonds. The minimum Gasteiger partial charge on any atom is -0.453 e. The minimum atomic E-state index is -0.723. The van der Waals surface area contributed by atoms with Gasteiger partial charge in [0.25, 0.3) is 5.56 Å². The molecule has 31 heavy (non-hydrogen) atoms. The fourth-order valence-corrected chi connectivity index (χ4v) is 2.92. The lowest BCUT2D eigenvalue weighted by molar-refractivity contribution is -0.119. The maximum atomic E-state index is 12.7. The molecule has 0 aliphatic rings. The number of hydrogen-bond acceptors (Lipinski definition) is 8. The molecule has 0 unspecified atom stereocenters. The van der Waals surface area contributed by atoms with Crippen molar-refractivity contribution in [2.75, 3.05) is 12.4 Å². The van der Waals surface area contributed by atoms with Gasteiger partial charge in [-0.25, -0.2) is 9.78 Å². The van der Waals surface area contributed by atoms with Crippen molar-refractivity contribution in [2.24, 2.45) is 0 Å². The Morgan fingerprint density at radius 1 is 1.32 bits per heavy atom. The van der Waals surface area contributed by atoms with Crippen LogP contribution in [0.3, 0.4) is 0 Å². The van der Waals surface area contributed by atoms with Gasteiger partial charge in [-0.2, -0.15) is 20.7 Å². The number of Topliss-reactive ketones (excluding diaryl/α,β-unsaturated/α-hetero) is 1. The predicted molar refractivity (Wildman–Crippen MR) is 109 cm³/mol. The van der Waals surface area contributed by atoms with Crippen molar-refractivity contribution in [3.8, 4) is 17.3 Å². The van der Waals surface area contributed by atoms with E-state index in [1.54, 1.807) is 25.3 Å². The van der Waals surface area contributed by atoms with Crippen LogP contribution in [0.25, 0.3) is 11.3 Å². The first kappa shape index (κ1) is 21.4. The molecule has 0 aliphatic heterocycles. The fraction of sp³-hybridized carbons (Fsp3) is 0.250. The highest BCUT2D eigenvalue weighted by Crippen LogP contribution is 2.27. The number of aromatic nitrogens is 5. The van der Waals surface area contributed by atoms with E-state index in [1.807, 2.05) is 6.07 Å². The molecule has 0 radical (unpaired) electrons. The summed E-state index contributed by atoms with van der Waals surface area (Å²) in [4.78, 5) is 41.1. The van der Waals surface area contributed by atoms with Gasteiger partial charge in [-0.15, -0.1) is 0 Å². The molecule has 11 nitrogen and oxygen atoms in total. The first-order chi connectivity index (χ1) is 14.9. The lowest BCUT2D eigenvalue weighted by atomic mass is 10.1. The number of H-pyrrole nitrogens is 1. The molecule has 0 spiro atoms. The van der Waals surface area contributed by atoms with Gasteiger partial charge >= 0.3 is 6.09 Å². The summed E-state index contributed by atoms with van der Waals surface area (Å²) in [7, 11) is 1.21. The zero-order chi connectivity index (χ0) is 22.4. The molecular formula is C20H19N7O4. The number of anilines is 1. The van der Waals surface area contributed by atoms with Gasteiger partial charge in [0, 0.05) is 24.5 Å². The highest BCUT2D eigenvalue weighted by molar-refractivity contribution is 5.91. The Morgan fingerprint density at radius 2 is 2.13 bits per heavy atom. The number of carbonyl (C=O) groups excluding carboxylic acids is 2. The Kier molecular flexibility index (Phi) is 6.51. The average Bonchev–Trinajstić information content (AvgIpc) is 3.28. The van der Waals surface area contributed by atoms with E-state index in [1.165, 1.54) is 23.8 Å². The van der Waals surface area contributed by atoms with Crippen LogP contribution in [0.1, 0.15) is 23.5 Å². The van der Waals surface area contributed by atoms with Crippen LogP contribution in [0.2, 0.25) is 0 Å². The molecule has 2 heterocycles. The lowest BCUT2D eigenvalue weighted by Crippen LogP contribution is -2.27. The molecule has 0 fully saturated rings. The van der Waals surface area contributed by atoms with Gasteiger partial charge < -0.3 is 4.74 Å². The summed E-state index contributed by atoms with van der Waals surface area (Å²) >= 11 is 0. The van der Waals surface area contributed by atoms with Crippen molar-refractivity contribution in [3.05, 3.63) is 57.9 Å². The molecule has 0 atom stereocenters. The molecule has 1 aromatic carbocycles. The van der Waals surface area contributed by atoms with Crippen molar-refractivity contribution < 1.29 is 14.3 Å². The average molecular weight is 421 g/mol. The summed E-state index contributed by atoms with van der Waals surface area (Å²) in [5.74, 6) is 0.194. The van der Waals surface area contributed by atoms with Gasteiger partial charge in [0.15, 0.2) is 5.78 Å². The molecule has 158 valence electrons. The Labute approximate surface area is 176 Å². The van der Waals surface area contributed by atoms with Gasteiger partial charge in [0.1, 0.15) is 5.82 Å². The number of aryl methyl sites for hydroxylation is 2. The third-order valence-electron chi connectivity index (χ3n) is 4.51. The number of amides is 1. The SMILES string of the molecule is COC(=O)Nc1cc(C#N)ccc1-c1cc(=O)n(CC(=O)CCc2cn[nH]n2)c(C)n1. The molecule has 3 rings (SSSR count). The van der Waals surface area contributed by atoms with Gasteiger partial charge in [0.05, 0.1) is 48.6 Å². The van der Waals surface area contributed by atoms with E-state index in [2.05, 4.69) is 30.4 Å². The zero-order valence-electron chi connectivity index (χ0n) is 16.9. The summed E-state index contributed by atoms with van der Waals surface area (Å²) < 4.78 is 5.89. The van der Waals surface area contributed by atoms with E-state index >= 15 is 0 Å². The molecule has 0 bridgehead atoms. The zero-order valence-corrected chi connectivity index (χ0v) is 16.9. The first-order valence-corrected chi connectivity index (χ1v) is 9.25. The third kappa shape index (κ3) is 5.18. The van der Waals surface area contributed by atoms with Crippen LogP contribution in [0.5, 0.6) is 0 Å². The monoisotopic (exact) mass is 421 g/mol. The summed E-state index contributed by atoms with van der Waals surface area (Å²) in [6.45, 7) is 1.50. The van der Waals surface area contributed by atoms with E-state index < -0.39 is 11.7 Å². The van der Waals surface area contributed by atoms with E-state index in [-0.39, 0.29) is 24.4 Å². The molecule has 2 aromatic heterocycles. The first-order valence-electron chi connectivity index (χ1n) is 9.25. The number of nitrogens with one attached hydrogen (secondary N) is 2. The van der Waals surface area contributed by atoms with E-state index in [9.17, 15) is 14.4 Å². The van der Waals surface area contributed by atoms with Crippen LogP contribution in [0.15, 0.2) is 35.3 Å². The van der Waals surface area contributed by atoms with Crippen molar-refractivity contribution >= 4 is 17.6 Å². The number of methoxy groups -OCH3 is 1. The number of ketones is 1. The molecular weight excluding hydrogens is 402 g/mol. The van der Waals surface area contributed by atoms with E-state index in [0.717, 1.165) is 0 Å².